The maximum atomic E-state index is 12.7. The van der Waals surface area contributed by atoms with Crippen molar-refractivity contribution in [2.24, 2.45) is 0 Å². The summed E-state index contributed by atoms with van der Waals surface area (Å²) in [5, 5.41) is 11.7. The third-order valence-electron chi connectivity index (χ3n) is 3.33. The van der Waals surface area contributed by atoms with Gasteiger partial charge in [-0.25, -0.2) is 8.42 Å². The SMILES string of the molecule is Cc1ccc(S(=O)(=O)N(CC(=O)[O-])Cc2ccc(Cl)cc2Cl)cc1. The summed E-state index contributed by atoms with van der Waals surface area (Å²) in [4.78, 5) is 11.0. The number of carboxylic acids is 1. The molecule has 0 bridgehead atoms. The Kier molecular flexibility index (Phi) is 5.87. The summed E-state index contributed by atoms with van der Waals surface area (Å²) < 4.78 is 26.3. The van der Waals surface area contributed by atoms with Crippen LogP contribution in [-0.4, -0.2) is 25.2 Å². The molecule has 0 aliphatic carbocycles. The molecule has 0 aliphatic rings. The molecule has 0 radical (unpaired) electrons. The number of carbonyl (C=O) groups is 1. The van der Waals surface area contributed by atoms with Gasteiger partial charge in [-0.05, 0) is 36.8 Å². The number of rotatable bonds is 6. The molecule has 0 saturated carbocycles. The third-order valence-corrected chi connectivity index (χ3v) is 5.72. The highest BCUT2D eigenvalue weighted by Crippen LogP contribution is 2.25. The van der Waals surface area contributed by atoms with Gasteiger partial charge in [0.1, 0.15) is 0 Å². The number of nitrogens with zero attached hydrogens (tertiary/aromatic N) is 1. The van der Waals surface area contributed by atoms with E-state index in [1.807, 2.05) is 6.92 Å². The molecule has 0 fully saturated rings. The summed E-state index contributed by atoms with van der Waals surface area (Å²) in [5.74, 6) is -1.50. The molecule has 0 N–H and O–H groups in total. The molecule has 0 saturated heterocycles. The van der Waals surface area contributed by atoms with Crippen LogP contribution in [-0.2, 0) is 21.4 Å². The second kappa shape index (κ2) is 7.53. The number of carbonyl (C=O) groups excluding carboxylic acids is 1. The monoisotopic (exact) mass is 386 g/mol. The third kappa shape index (κ3) is 4.48. The van der Waals surface area contributed by atoms with Gasteiger partial charge in [-0.3, -0.25) is 0 Å². The van der Waals surface area contributed by atoms with E-state index in [4.69, 9.17) is 23.2 Å². The van der Waals surface area contributed by atoms with Crippen LogP contribution < -0.4 is 5.11 Å². The van der Waals surface area contributed by atoms with Crippen molar-refractivity contribution in [1.82, 2.24) is 4.31 Å². The van der Waals surface area contributed by atoms with E-state index in [-0.39, 0.29) is 16.5 Å². The van der Waals surface area contributed by atoms with E-state index >= 15 is 0 Å². The molecule has 2 aromatic rings. The van der Waals surface area contributed by atoms with Gasteiger partial charge in [0.15, 0.2) is 0 Å². The summed E-state index contributed by atoms with van der Waals surface area (Å²) in [6.45, 7) is 0.832. The molecule has 2 rings (SSSR count). The Labute approximate surface area is 150 Å². The zero-order valence-electron chi connectivity index (χ0n) is 12.7. The second-order valence-corrected chi connectivity index (χ2v) is 7.98. The van der Waals surface area contributed by atoms with Crippen LogP contribution in [0.4, 0.5) is 0 Å². The molecule has 0 unspecified atom stereocenters. The maximum Gasteiger partial charge on any atom is 0.243 e. The minimum atomic E-state index is -4.02. The number of hydrogen-bond acceptors (Lipinski definition) is 4. The number of aliphatic carboxylic acids is 1. The van der Waals surface area contributed by atoms with Gasteiger partial charge in [0.05, 0.1) is 17.4 Å². The Balaban J connectivity index is 2.40. The first-order chi connectivity index (χ1) is 11.2. The number of hydrogen-bond donors (Lipinski definition) is 0. The highest BCUT2D eigenvalue weighted by molar-refractivity contribution is 7.89. The van der Waals surface area contributed by atoms with E-state index in [2.05, 4.69) is 0 Å². The highest BCUT2D eigenvalue weighted by atomic mass is 35.5. The Hall–Kier alpha value is -1.60. The first-order valence-corrected chi connectivity index (χ1v) is 9.10. The number of sulfonamides is 1. The Bertz CT molecular complexity index is 851. The first kappa shape index (κ1) is 18.7. The van der Waals surface area contributed by atoms with E-state index in [0.29, 0.717) is 10.6 Å². The zero-order chi connectivity index (χ0) is 17.9. The van der Waals surface area contributed by atoms with Crippen LogP contribution in [0, 0.1) is 6.92 Å². The first-order valence-electron chi connectivity index (χ1n) is 6.91. The van der Waals surface area contributed by atoms with Crippen LogP contribution in [0.5, 0.6) is 0 Å². The Morgan fingerprint density at radius 3 is 2.29 bits per heavy atom. The fourth-order valence-electron chi connectivity index (χ4n) is 2.07. The molecule has 24 heavy (non-hydrogen) atoms. The minimum absolute atomic E-state index is 0.000522. The normalized spacial score (nSPS) is 11.7. The van der Waals surface area contributed by atoms with Gasteiger partial charge in [-0.15, -0.1) is 0 Å². The lowest BCUT2D eigenvalue weighted by Crippen LogP contribution is -2.41. The molecule has 2 aromatic carbocycles. The predicted molar refractivity (Wildman–Crippen MR) is 90.2 cm³/mol. The molecule has 0 heterocycles. The van der Waals surface area contributed by atoms with Crippen LogP contribution in [0.15, 0.2) is 47.4 Å². The predicted octanol–water partition coefficient (Wildman–Crippen LogP) is 2.24. The van der Waals surface area contributed by atoms with Crippen LogP contribution in [0.25, 0.3) is 0 Å². The van der Waals surface area contributed by atoms with E-state index in [9.17, 15) is 18.3 Å². The van der Waals surface area contributed by atoms with Crippen molar-refractivity contribution in [3.63, 3.8) is 0 Å². The Morgan fingerprint density at radius 2 is 1.75 bits per heavy atom. The minimum Gasteiger partial charge on any atom is -0.549 e. The number of aryl methyl sites for hydroxylation is 1. The van der Waals surface area contributed by atoms with E-state index in [1.54, 1.807) is 24.3 Å². The van der Waals surface area contributed by atoms with Crippen molar-refractivity contribution >= 4 is 39.2 Å². The standard InChI is InChI=1S/C16H15Cl2NO4S/c1-11-2-6-14(7-3-11)24(22,23)19(10-16(20)21)9-12-4-5-13(17)8-15(12)18/h2-8H,9-10H2,1H3,(H,20,21)/p-1. The molecule has 8 heteroatoms. The van der Waals surface area contributed by atoms with Gasteiger partial charge in [0.2, 0.25) is 10.0 Å². The molecular weight excluding hydrogens is 373 g/mol. The summed E-state index contributed by atoms with van der Waals surface area (Å²) in [6, 6.07) is 10.7. The fourth-order valence-corrected chi connectivity index (χ4v) is 3.90. The molecule has 0 atom stereocenters. The number of halogens is 2. The molecule has 0 amide bonds. The van der Waals surface area contributed by atoms with Crippen LogP contribution in [0.1, 0.15) is 11.1 Å². The largest absolute Gasteiger partial charge is 0.549 e. The lowest BCUT2D eigenvalue weighted by atomic mass is 10.2. The fraction of sp³-hybridized carbons (Fsp3) is 0.188. The van der Waals surface area contributed by atoms with Crippen molar-refractivity contribution in [2.45, 2.75) is 18.4 Å². The molecule has 5 nitrogen and oxygen atoms in total. The average molecular weight is 387 g/mol. The molecule has 0 spiro atoms. The lowest BCUT2D eigenvalue weighted by molar-refractivity contribution is -0.305. The molecular formula is C16H14Cl2NO4S-. The Morgan fingerprint density at radius 1 is 1.12 bits per heavy atom. The maximum absolute atomic E-state index is 12.7. The van der Waals surface area contributed by atoms with Crippen LogP contribution >= 0.6 is 23.2 Å². The van der Waals surface area contributed by atoms with Gasteiger partial charge in [0.25, 0.3) is 0 Å². The summed E-state index contributed by atoms with van der Waals surface area (Å²) in [7, 11) is -4.02. The number of carboxylic acid groups (broad SMARTS) is 1. The van der Waals surface area contributed by atoms with E-state index in [0.717, 1.165) is 9.87 Å². The summed E-state index contributed by atoms with van der Waals surface area (Å²) in [6.07, 6.45) is 0. The smallest absolute Gasteiger partial charge is 0.243 e. The van der Waals surface area contributed by atoms with Gasteiger partial charge in [-0.2, -0.15) is 4.31 Å². The molecule has 0 aromatic heterocycles. The van der Waals surface area contributed by atoms with Gasteiger partial charge in [-0.1, -0.05) is 47.0 Å². The molecule has 128 valence electrons. The summed E-state index contributed by atoms with van der Waals surface area (Å²) in [5.41, 5.74) is 1.33. The quantitative estimate of drug-likeness (QED) is 0.762. The van der Waals surface area contributed by atoms with Crippen LogP contribution in [0.3, 0.4) is 0 Å². The van der Waals surface area contributed by atoms with Gasteiger partial charge in [0, 0.05) is 16.6 Å². The average Bonchev–Trinajstić information content (AvgIpc) is 2.49. The van der Waals surface area contributed by atoms with Crippen molar-refractivity contribution in [3.8, 4) is 0 Å². The van der Waals surface area contributed by atoms with E-state index in [1.165, 1.54) is 18.2 Å². The van der Waals surface area contributed by atoms with Crippen molar-refractivity contribution in [3.05, 3.63) is 63.6 Å². The van der Waals surface area contributed by atoms with Gasteiger partial charge < -0.3 is 9.90 Å². The molecule has 0 aliphatic heterocycles. The lowest BCUT2D eigenvalue weighted by Gasteiger charge is -2.23. The number of benzene rings is 2. The topological polar surface area (TPSA) is 77.5 Å². The van der Waals surface area contributed by atoms with Crippen LogP contribution in [0.2, 0.25) is 10.0 Å². The highest BCUT2D eigenvalue weighted by Gasteiger charge is 2.25. The van der Waals surface area contributed by atoms with Crippen molar-refractivity contribution in [1.29, 1.82) is 0 Å². The van der Waals surface area contributed by atoms with Crippen molar-refractivity contribution in [2.75, 3.05) is 6.54 Å². The van der Waals surface area contributed by atoms with E-state index < -0.39 is 22.5 Å². The summed E-state index contributed by atoms with van der Waals surface area (Å²) >= 11 is 11.9. The van der Waals surface area contributed by atoms with Gasteiger partial charge >= 0.3 is 0 Å². The van der Waals surface area contributed by atoms with Crippen molar-refractivity contribution < 1.29 is 18.3 Å². The zero-order valence-corrected chi connectivity index (χ0v) is 15.0. The second-order valence-electron chi connectivity index (χ2n) is 5.19.